The molecule has 1 rings (SSSR count). The van der Waals surface area contributed by atoms with Crippen molar-refractivity contribution in [1.82, 2.24) is 0 Å². The fourth-order valence-corrected chi connectivity index (χ4v) is 1.36. The first-order chi connectivity index (χ1) is 6.59. The van der Waals surface area contributed by atoms with Crippen LogP contribution in [0.5, 0.6) is 0 Å². The van der Waals surface area contributed by atoms with E-state index in [1.165, 1.54) is 0 Å². The number of rotatable bonds is 5. The molecule has 0 saturated carbocycles. The molecule has 2 N–H and O–H groups in total. The van der Waals surface area contributed by atoms with Gasteiger partial charge in [-0.25, -0.2) is 0 Å². The van der Waals surface area contributed by atoms with Crippen molar-refractivity contribution >= 4 is 11.9 Å². The average molecular weight is 204 g/mol. The van der Waals surface area contributed by atoms with Crippen LogP contribution >= 0.6 is 0 Å². The van der Waals surface area contributed by atoms with E-state index in [2.05, 4.69) is 0 Å². The molecule has 1 aliphatic heterocycles. The minimum absolute atomic E-state index is 0.253. The third-order valence-electron chi connectivity index (χ3n) is 1.91. The van der Waals surface area contributed by atoms with Crippen LogP contribution in [0.1, 0.15) is 12.8 Å². The van der Waals surface area contributed by atoms with E-state index >= 15 is 0 Å². The second-order valence-corrected chi connectivity index (χ2v) is 3.07. The number of carbonyl (C=O) groups is 2. The maximum atomic E-state index is 10.4. The third-order valence-corrected chi connectivity index (χ3v) is 1.91. The van der Waals surface area contributed by atoms with E-state index in [-0.39, 0.29) is 12.8 Å². The van der Waals surface area contributed by atoms with Gasteiger partial charge in [0.15, 0.2) is 6.29 Å². The first-order valence-corrected chi connectivity index (χ1v) is 4.26. The van der Waals surface area contributed by atoms with Gasteiger partial charge in [0.05, 0.1) is 26.1 Å². The highest BCUT2D eigenvalue weighted by atomic mass is 16.7. The van der Waals surface area contributed by atoms with Crippen LogP contribution in [0.4, 0.5) is 0 Å². The number of carboxylic acid groups (broad SMARTS) is 2. The molecule has 0 aliphatic carbocycles. The standard InChI is InChI=1S/C8H12O6/c9-6(10)3-5(4-7(11)12)8-13-1-2-14-8/h5,8H,1-4H2,(H,9,10)(H,11,12). The van der Waals surface area contributed by atoms with Crippen LogP contribution in [0.3, 0.4) is 0 Å². The van der Waals surface area contributed by atoms with Gasteiger partial charge in [0.2, 0.25) is 0 Å². The molecule has 0 atom stereocenters. The normalized spacial score (nSPS) is 17.5. The Morgan fingerprint density at radius 1 is 1.14 bits per heavy atom. The molecule has 0 radical (unpaired) electrons. The number of aliphatic carboxylic acids is 2. The monoisotopic (exact) mass is 204 g/mol. The summed E-state index contributed by atoms with van der Waals surface area (Å²) < 4.78 is 10.1. The smallest absolute Gasteiger partial charge is 0.303 e. The van der Waals surface area contributed by atoms with E-state index in [9.17, 15) is 9.59 Å². The van der Waals surface area contributed by atoms with Gasteiger partial charge in [-0.3, -0.25) is 9.59 Å². The van der Waals surface area contributed by atoms with Crippen LogP contribution in [0.2, 0.25) is 0 Å². The van der Waals surface area contributed by atoms with Gasteiger partial charge in [-0.1, -0.05) is 0 Å². The van der Waals surface area contributed by atoms with Gasteiger partial charge < -0.3 is 19.7 Å². The van der Waals surface area contributed by atoms with Crippen LogP contribution in [-0.4, -0.2) is 41.7 Å². The number of ether oxygens (including phenoxy) is 2. The molecule has 1 heterocycles. The van der Waals surface area contributed by atoms with Crippen molar-refractivity contribution in [3.05, 3.63) is 0 Å². The van der Waals surface area contributed by atoms with Crippen molar-refractivity contribution in [1.29, 1.82) is 0 Å². The minimum atomic E-state index is -1.05. The molecular weight excluding hydrogens is 192 g/mol. The van der Waals surface area contributed by atoms with Gasteiger partial charge in [0.1, 0.15) is 0 Å². The molecular formula is C8H12O6. The maximum absolute atomic E-state index is 10.4. The Balaban J connectivity index is 2.50. The fourth-order valence-electron chi connectivity index (χ4n) is 1.36. The lowest BCUT2D eigenvalue weighted by Gasteiger charge is -2.18. The van der Waals surface area contributed by atoms with Gasteiger partial charge in [-0.05, 0) is 0 Å². The number of carboxylic acids is 2. The Labute approximate surface area is 80.4 Å². The van der Waals surface area contributed by atoms with Crippen molar-refractivity contribution < 1.29 is 29.3 Å². The Bertz CT molecular complexity index is 204. The van der Waals surface area contributed by atoms with Gasteiger partial charge in [-0.2, -0.15) is 0 Å². The van der Waals surface area contributed by atoms with Crippen LogP contribution in [0.25, 0.3) is 0 Å². The second-order valence-electron chi connectivity index (χ2n) is 3.07. The highest BCUT2D eigenvalue weighted by Gasteiger charge is 2.30. The Morgan fingerprint density at radius 3 is 1.93 bits per heavy atom. The molecule has 0 aromatic rings. The lowest BCUT2D eigenvalue weighted by molar-refractivity contribution is -0.150. The van der Waals surface area contributed by atoms with E-state index in [1.807, 2.05) is 0 Å². The molecule has 0 unspecified atom stereocenters. The molecule has 0 amide bonds. The predicted molar refractivity (Wildman–Crippen MR) is 43.7 cm³/mol. The molecule has 0 aromatic heterocycles. The molecule has 6 heteroatoms. The van der Waals surface area contributed by atoms with Crippen LogP contribution < -0.4 is 0 Å². The van der Waals surface area contributed by atoms with E-state index < -0.39 is 24.1 Å². The quantitative estimate of drug-likeness (QED) is 0.650. The first-order valence-electron chi connectivity index (χ1n) is 4.26. The van der Waals surface area contributed by atoms with Gasteiger partial charge in [0.25, 0.3) is 0 Å². The average Bonchev–Trinajstić information content (AvgIpc) is 2.52. The molecule has 6 nitrogen and oxygen atoms in total. The summed E-state index contributed by atoms with van der Waals surface area (Å²) >= 11 is 0. The molecule has 1 fully saturated rings. The lowest BCUT2D eigenvalue weighted by Crippen LogP contribution is -2.26. The summed E-state index contributed by atoms with van der Waals surface area (Å²) in [6.07, 6.45) is -1.20. The van der Waals surface area contributed by atoms with Crippen molar-refractivity contribution in [3.8, 4) is 0 Å². The molecule has 0 aromatic carbocycles. The summed E-state index contributed by atoms with van der Waals surface area (Å²) in [7, 11) is 0. The Kier molecular flexibility index (Phi) is 3.84. The molecule has 14 heavy (non-hydrogen) atoms. The first kappa shape index (κ1) is 10.9. The summed E-state index contributed by atoms with van der Waals surface area (Å²) in [4.78, 5) is 20.9. The van der Waals surface area contributed by atoms with E-state index in [4.69, 9.17) is 19.7 Å². The number of hydrogen-bond acceptors (Lipinski definition) is 4. The van der Waals surface area contributed by atoms with E-state index in [1.54, 1.807) is 0 Å². The van der Waals surface area contributed by atoms with Gasteiger partial charge in [-0.15, -0.1) is 0 Å². The van der Waals surface area contributed by atoms with Gasteiger partial charge >= 0.3 is 11.9 Å². The summed E-state index contributed by atoms with van der Waals surface area (Å²) in [5.41, 5.74) is 0. The fraction of sp³-hybridized carbons (Fsp3) is 0.750. The molecule has 1 saturated heterocycles. The summed E-state index contributed by atoms with van der Waals surface area (Å²) in [5.74, 6) is -2.71. The second kappa shape index (κ2) is 4.92. The molecule has 80 valence electrons. The summed E-state index contributed by atoms with van der Waals surface area (Å²) in [6, 6.07) is 0. The Hall–Kier alpha value is -1.14. The van der Waals surface area contributed by atoms with E-state index in [0.717, 1.165) is 0 Å². The zero-order valence-corrected chi connectivity index (χ0v) is 7.51. The largest absolute Gasteiger partial charge is 0.481 e. The zero-order valence-electron chi connectivity index (χ0n) is 7.51. The highest BCUT2D eigenvalue weighted by molar-refractivity contribution is 5.70. The molecule has 0 bridgehead atoms. The number of hydrogen-bond donors (Lipinski definition) is 2. The van der Waals surface area contributed by atoms with Crippen molar-refractivity contribution in [2.45, 2.75) is 19.1 Å². The molecule has 0 spiro atoms. The van der Waals surface area contributed by atoms with Crippen molar-refractivity contribution in [3.63, 3.8) is 0 Å². The van der Waals surface area contributed by atoms with Gasteiger partial charge in [0, 0.05) is 5.92 Å². The SMILES string of the molecule is O=C(O)CC(CC(=O)O)C1OCCO1. The van der Waals surface area contributed by atoms with Crippen LogP contribution in [0, 0.1) is 5.92 Å². The van der Waals surface area contributed by atoms with Crippen LogP contribution in [-0.2, 0) is 19.1 Å². The lowest BCUT2D eigenvalue weighted by atomic mass is 10.0. The zero-order chi connectivity index (χ0) is 10.6. The minimum Gasteiger partial charge on any atom is -0.481 e. The molecule has 1 aliphatic rings. The maximum Gasteiger partial charge on any atom is 0.303 e. The Morgan fingerprint density at radius 2 is 1.57 bits per heavy atom. The van der Waals surface area contributed by atoms with Crippen molar-refractivity contribution in [2.24, 2.45) is 5.92 Å². The van der Waals surface area contributed by atoms with Crippen molar-refractivity contribution in [2.75, 3.05) is 13.2 Å². The highest BCUT2D eigenvalue weighted by Crippen LogP contribution is 2.21. The predicted octanol–water partition coefficient (Wildman–Crippen LogP) is -0.0751. The van der Waals surface area contributed by atoms with E-state index in [0.29, 0.717) is 13.2 Å². The van der Waals surface area contributed by atoms with Crippen LogP contribution in [0.15, 0.2) is 0 Å². The summed E-state index contributed by atoms with van der Waals surface area (Å²) in [6.45, 7) is 0.779. The third kappa shape index (κ3) is 3.31. The summed E-state index contributed by atoms with van der Waals surface area (Å²) in [5, 5.41) is 17.1. The topological polar surface area (TPSA) is 93.1 Å².